The quantitative estimate of drug-likeness (QED) is 0.143. The van der Waals surface area contributed by atoms with Gasteiger partial charge in [-0.3, -0.25) is 24.2 Å². The fourth-order valence-corrected chi connectivity index (χ4v) is 2.67. The third-order valence-corrected chi connectivity index (χ3v) is 4.11. The number of nitrogens with two attached hydrogens (primary N) is 4. The number of carbonyl (C=O) groups excluding carboxylic acids is 4. The molecule has 0 heterocycles. The van der Waals surface area contributed by atoms with Crippen molar-refractivity contribution >= 4 is 29.6 Å². The van der Waals surface area contributed by atoms with E-state index in [1.165, 1.54) is 32.9 Å². The van der Waals surface area contributed by atoms with Crippen LogP contribution < -0.4 is 22.9 Å². The fraction of sp³-hybridized carbons (Fsp3) is 0.421. The molecule has 9 heteroatoms. The van der Waals surface area contributed by atoms with Crippen molar-refractivity contribution in [2.75, 3.05) is 6.54 Å². The van der Waals surface area contributed by atoms with Crippen molar-refractivity contribution in [1.29, 1.82) is 0 Å². The molecule has 1 aromatic rings. The largest absolute Gasteiger partial charge is 0.370 e. The highest BCUT2D eigenvalue weighted by Gasteiger charge is 2.33. The van der Waals surface area contributed by atoms with Gasteiger partial charge in [-0.25, -0.2) is 0 Å². The zero-order valence-corrected chi connectivity index (χ0v) is 16.3. The number of aldehydes is 1. The normalized spacial score (nSPS) is 12.2. The number of aliphatic imine (C=N–C) groups is 1. The molecule has 9 nitrogen and oxygen atoms in total. The Bertz CT molecular complexity index is 820. The van der Waals surface area contributed by atoms with E-state index in [1.54, 1.807) is 0 Å². The maximum Gasteiger partial charge on any atom is 0.185 e. The lowest BCUT2D eigenvalue weighted by molar-refractivity contribution is 0.0890. The monoisotopic (exact) mass is 389 g/mol. The standard InChI is InChI=1S/C19H27N5O4/c1-10(26)12-7-6-11(9-25)14(17(28)19(2,3)23)15(12)16(27)13(20)5-4-8-24-18(21)22/h6-7,9,13H,4-5,8,20,23H2,1-3H3,(H4,21,22,24)/t13-/m0/s1. The second kappa shape index (κ2) is 9.34. The summed E-state index contributed by atoms with van der Waals surface area (Å²) < 4.78 is 0. The summed E-state index contributed by atoms with van der Waals surface area (Å²) >= 11 is 0. The first-order valence-electron chi connectivity index (χ1n) is 8.73. The van der Waals surface area contributed by atoms with E-state index in [4.69, 9.17) is 22.9 Å². The number of nitrogens with zero attached hydrogens (tertiary/aromatic N) is 1. The Morgan fingerprint density at radius 2 is 1.79 bits per heavy atom. The number of hydrogen-bond donors (Lipinski definition) is 4. The molecule has 0 radical (unpaired) electrons. The van der Waals surface area contributed by atoms with Gasteiger partial charge in [0.15, 0.2) is 29.6 Å². The number of carbonyl (C=O) groups is 4. The van der Waals surface area contributed by atoms with Crippen LogP contribution in [0.4, 0.5) is 0 Å². The minimum absolute atomic E-state index is 0.0165. The molecule has 0 aliphatic heterocycles. The molecule has 0 aliphatic carbocycles. The highest BCUT2D eigenvalue weighted by Crippen LogP contribution is 2.25. The summed E-state index contributed by atoms with van der Waals surface area (Å²) in [5, 5.41) is 0. The van der Waals surface area contributed by atoms with Crippen LogP contribution in [0.25, 0.3) is 0 Å². The third kappa shape index (κ3) is 5.54. The van der Waals surface area contributed by atoms with E-state index >= 15 is 0 Å². The first-order valence-corrected chi connectivity index (χ1v) is 8.73. The molecular weight excluding hydrogens is 362 g/mol. The van der Waals surface area contributed by atoms with Crippen LogP contribution in [-0.4, -0.2) is 47.7 Å². The molecule has 0 spiro atoms. The van der Waals surface area contributed by atoms with E-state index in [2.05, 4.69) is 4.99 Å². The third-order valence-electron chi connectivity index (χ3n) is 4.11. The van der Waals surface area contributed by atoms with E-state index in [9.17, 15) is 19.2 Å². The summed E-state index contributed by atoms with van der Waals surface area (Å²) in [4.78, 5) is 53.3. The zero-order chi connectivity index (χ0) is 21.6. The SMILES string of the molecule is CC(=O)c1ccc(C=O)c(C(=O)C(C)(C)N)c1C(=O)[C@@H](N)CCCN=C(N)N. The van der Waals surface area contributed by atoms with Crippen LogP contribution in [0, 0.1) is 0 Å². The number of rotatable bonds is 10. The lowest BCUT2D eigenvalue weighted by Gasteiger charge is -2.22. The summed E-state index contributed by atoms with van der Waals surface area (Å²) in [5.41, 5.74) is 20.7. The summed E-state index contributed by atoms with van der Waals surface area (Å²) in [6, 6.07) is 1.65. The van der Waals surface area contributed by atoms with Crippen LogP contribution in [0.1, 0.15) is 75.0 Å². The number of ketones is 3. The molecule has 0 unspecified atom stereocenters. The number of guanidine groups is 1. The van der Waals surface area contributed by atoms with Crippen LogP contribution in [0.3, 0.4) is 0 Å². The van der Waals surface area contributed by atoms with Crippen molar-refractivity contribution in [3.05, 3.63) is 34.4 Å². The Hall–Kier alpha value is -2.91. The van der Waals surface area contributed by atoms with Crippen molar-refractivity contribution in [2.24, 2.45) is 27.9 Å². The van der Waals surface area contributed by atoms with Gasteiger partial charge in [-0.05, 0) is 39.7 Å². The number of benzene rings is 1. The Morgan fingerprint density at radius 3 is 2.25 bits per heavy atom. The topological polar surface area (TPSA) is 185 Å². The summed E-state index contributed by atoms with van der Waals surface area (Å²) in [5.74, 6) is -1.76. The van der Waals surface area contributed by atoms with Crippen LogP contribution in [0.15, 0.2) is 17.1 Å². The van der Waals surface area contributed by atoms with Gasteiger partial charge in [0.2, 0.25) is 0 Å². The molecule has 0 saturated carbocycles. The van der Waals surface area contributed by atoms with Gasteiger partial charge in [0.25, 0.3) is 0 Å². The lowest BCUT2D eigenvalue weighted by Crippen LogP contribution is -2.43. The molecule has 1 atom stereocenters. The van der Waals surface area contributed by atoms with Crippen LogP contribution in [0.5, 0.6) is 0 Å². The molecule has 8 N–H and O–H groups in total. The molecule has 0 bridgehead atoms. The maximum atomic E-state index is 13.0. The Kier molecular flexibility index (Phi) is 7.71. The van der Waals surface area contributed by atoms with Crippen molar-refractivity contribution in [3.63, 3.8) is 0 Å². The summed E-state index contributed by atoms with van der Waals surface area (Å²) in [7, 11) is 0. The molecule has 0 aliphatic rings. The molecule has 0 saturated heterocycles. The molecule has 1 aromatic carbocycles. The molecular formula is C19H27N5O4. The second-order valence-electron chi connectivity index (χ2n) is 7.10. The van der Waals surface area contributed by atoms with Gasteiger partial charge in [-0.1, -0.05) is 6.07 Å². The Balaban J connectivity index is 3.46. The van der Waals surface area contributed by atoms with Gasteiger partial charge in [0.1, 0.15) is 0 Å². The Morgan fingerprint density at radius 1 is 1.18 bits per heavy atom. The highest BCUT2D eigenvalue weighted by molar-refractivity contribution is 6.20. The van der Waals surface area contributed by atoms with Gasteiger partial charge >= 0.3 is 0 Å². The first-order chi connectivity index (χ1) is 12.9. The molecule has 0 fully saturated rings. The Labute approximate surface area is 163 Å². The summed E-state index contributed by atoms with van der Waals surface area (Å²) in [6.45, 7) is 4.44. The molecule has 1 rings (SSSR count). The minimum atomic E-state index is -1.36. The van der Waals surface area contributed by atoms with E-state index in [0.29, 0.717) is 12.7 Å². The van der Waals surface area contributed by atoms with Crippen molar-refractivity contribution in [2.45, 2.75) is 45.2 Å². The number of hydrogen-bond acceptors (Lipinski definition) is 7. The van der Waals surface area contributed by atoms with Crippen molar-refractivity contribution in [3.8, 4) is 0 Å². The lowest BCUT2D eigenvalue weighted by atomic mass is 9.82. The molecule has 28 heavy (non-hydrogen) atoms. The average molecular weight is 389 g/mol. The smallest absolute Gasteiger partial charge is 0.185 e. The zero-order valence-electron chi connectivity index (χ0n) is 16.3. The van der Waals surface area contributed by atoms with Gasteiger partial charge in [0.05, 0.1) is 11.6 Å². The van der Waals surface area contributed by atoms with Crippen LogP contribution in [-0.2, 0) is 0 Å². The van der Waals surface area contributed by atoms with Crippen molar-refractivity contribution in [1.82, 2.24) is 0 Å². The van der Waals surface area contributed by atoms with E-state index in [-0.39, 0.29) is 41.2 Å². The fourth-order valence-electron chi connectivity index (χ4n) is 2.67. The second-order valence-corrected chi connectivity index (χ2v) is 7.10. The number of Topliss-reactive ketones (excluding diaryl/α,β-unsaturated/α-hetero) is 3. The van der Waals surface area contributed by atoms with Gasteiger partial charge in [-0.2, -0.15) is 0 Å². The van der Waals surface area contributed by atoms with Crippen LogP contribution in [0.2, 0.25) is 0 Å². The highest BCUT2D eigenvalue weighted by atomic mass is 16.1. The van der Waals surface area contributed by atoms with E-state index < -0.39 is 28.9 Å². The average Bonchev–Trinajstić information content (AvgIpc) is 2.61. The predicted octanol–water partition coefficient (Wildman–Crippen LogP) is 0.185. The van der Waals surface area contributed by atoms with Gasteiger partial charge in [0, 0.05) is 28.8 Å². The molecule has 152 valence electrons. The summed E-state index contributed by atoms with van der Waals surface area (Å²) in [6.07, 6.45) is 1.08. The molecule has 0 amide bonds. The maximum absolute atomic E-state index is 13.0. The van der Waals surface area contributed by atoms with E-state index in [1.807, 2.05) is 0 Å². The van der Waals surface area contributed by atoms with Crippen molar-refractivity contribution < 1.29 is 19.2 Å². The first kappa shape index (κ1) is 23.1. The predicted molar refractivity (Wildman–Crippen MR) is 107 cm³/mol. The van der Waals surface area contributed by atoms with Gasteiger partial charge < -0.3 is 22.9 Å². The molecule has 0 aromatic heterocycles. The van der Waals surface area contributed by atoms with Gasteiger partial charge in [-0.15, -0.1) is 0 Å². The van der Waals surface area contributed by atoms with E-state index in [0.717, 1.165) is 0 Å². The minimum Gasteiger partial charge on any atom is -0.370 e. The van der Waals surface area contributed by atoms with Crippen LogP contribution >= 0.6 is 0 Å².